The van der Waals surface area contributed by atoms with Crippen LogP contribution < -0.4 is 5.32 Å². The van der Waals surface area contributed by atoms with Crippen molar-refractivity contribution in [2.24, 2.45) is 10.8 Å². The standard InChI is InChI=1S/C28H37ClN2O3/c1-25(2,3)10-9-18-7-8-20(13-22(18)29)28-12-11-26(4,5)16-21(28)17-31(24(34)30-28)27(6)14-19(15-27)23(32)33/h7-8,13-14,17H,9-12,15-16H2,1-6H3,(H,30,34)(H,32,33)/t27?,28-/m1/s1. The van der Waals surface area contributed by atoms with Crippen LogP contribution in [0.15, 0.2) is 41.6 Å². The van der Waals surface area contributed by atoms with E-state index in [9.17, 15) is 14.7 Å². The van der Waals surface area contributed by atoms with Crippen LogP contribution in [0.5, 0.6) is 0 Å². The van der Waals surface area contributed by atoms with Crippen LogP contribution in [0.4, 0.5) is 4.79 Å². The fourth-order valence-corrected chi connectivity index (χ4v) is 5.80. The van der Waals surface area contributed by atoms with Crippen molar-refractivity contribution in [3.05, 3.63) is 57.8 Å². The van der Waals surface area contributed by atoms with Gasteiger partial charge in [-0.3, -0.25) is 4.90 Å². The van der Waals surface area contributed by atoms with E-state index in [1.165, 1.54) is 0 Å². The predicted molar refractivity (Wildman–Crippen MR) is 136 cm³/mol. The first kappa shape index (κ1) is 24.8. The molecule has 184 valence electrons. The van der Waals surface area contributed by atoms with Crippen LogP contribution in [0, 0.1) is 10.8 Å². The second-order valence-electron chi connectivity index (χ2n) is 12.6. The van der Waals surface area contributed by atoms with Gasteiger partial charge < -0.3 is 10.4 Å². The Hall–Kier alpha value is -2.27. The fraction of sp³-hybridized carbons (Fsp3) is 0.571. The number of hydrogen-bond donors (Lipinski definition) is 2. The third-order valence-corrected chi connectivity index (χ3v) is 8.12. The summed E-state index contributed by atoms with van der Waals surface area (Å²) < 4.78 is 0. The largest absolute Gasteiger partial charge is 0.478 e. The molecule has 0 spiro atoms. The van der Waals surface area contributed by atoms with E-state index in [4.69, 9.17) is 11.6 Å². The van der Waals surface area contributed by atoms with E-state index >= 15 is 0 Å². The van der Waals surface area contributed by atoms with Crippen molar-refractivity contribution in [2.45, 2.75) is 91.1 Å². The molecule has 2 N–H and O–H groups in total. The number of hydrogen-bond acceptors (Lipinski definition) is 2. The number of benzene rings is 1. The first-order valence-electron chi connectivity index (χ1n) is 12.2. The molecule has 1 heterocycles. The van der Waals surface area contributed by atoms with Crippen molar-refractivity contribution in [2.75, 3.05) is 0 Å². The Morgan fingerprint density at radius 2 is 1.85 bits per heavy atom. The lowest BCUT2D eigenvalue weighted by Crippen LogP contribution is -2.63. The number of halogens is 1. The summed E-state index contributed by atoms with van der Waals surface area (Å²) in [4.78, 5) is 26.4. The molecule has 1 fully saturated rings. The molecule has 0 aromatic heterocycles. The average Bonchev–Trinajstić information content (AvgIpc) is 2.69. The van der Waals surface area contributed by atoms with Gasteiger partial charge >= 0.3 is 12.0 Å². The van der Waals surface area contributed by atoms with Crippen LogP contribution in [-0.2, 0) is 16.8 Å². The Kier molecular flexibility index (Phi) is 5.95. The zero-order chi connectivity index (χ0) is 25.1. The minimum atomic E-state index is -0.920. The van der Waals surface area contributed by atoms with Crippen LogP contribution in [0.2, 0.25) is 5.02 Å². The summed E-state index contributed by atoms with van der Waals surface area (Å²) in [6.07, 6.45) is 8.60. The van der Waals surface area contributed by atoms with E-state index in [-0.39, 0.29) is 16.9 Å². The van der Waals surface area contributed by atoms with Crippen molar-refractivity contribution in [3.8, 4) is 0 Å². The molecule has 0 radical (unpaired) electrons. The summed E-state index contributed by atoms with van der Waals surface area (Å²) in [5, 5.41) is 13.4. The van der Waals surface area contributed by atoms with E-state index in [2.05, 4.69) is 52.1 Å². The monoisotopic (exact) mass is 484 g/mol. The Morgan fingerprint density at radius 1 is 1.18 bits per heavy atom. The topological polar surface area (TPSA) is 69.6 Å². The van der Waals surface area contributed by atoms with Crippen LogP contribution in [0.3, 0.4) is 0 Å². The maximum absolute atomic E-state index is 13.4. The van der Waals surface area contributed by atoms with Gasteiger partial charge in [-0.05, 0) is 78.7 Å². The molecule has 0 saturated heterocycles. The van der Waals surface area contributed by atoms with E-state index in [1.807, 2.05) is 19.2 Å². The van der Waals surface area contributed by atoms with Gasteiger partial charge in [0.2, 0.25) is 0 Å². The highest BCUT2D eigenvalue weighted by Crippen LogP contribution is 2.52. The summed E-state index contributed by atoms with van der Waals surface area (Å²) in [6, 6.07) is 6.08. The lowest BCUT2D eigenvalue weighted by atomic mass is 9.63. The Balaban J connectivity index is 1.71. The van der Waals surface area contributed by atoms with E-state index in [0.717, 1.165) is 53.8 Å². The van der Waals surface area contributed by atoms with Gasteiger partial charge in [-0.15, -0.1) is 0 Å². The summed E-state index contributed by atoms with van der Waals surface area (Å²) in [5.41, 5.74) is 2.79. The number of nitrogens with one attached hydrogen (secondary N) is 1. The number of aryl methyl sites for hydroxylation is 1. The van der Waals surface area contributed by atoms with Gasteiger partial charge in [-0.2, -0.15) is 0 Å². The zero-order valence-corrected chi connectivity index (χ0v) is 22.0. The third-order valence-electron chi connectivity index (χ3n) is 7.77. The maximum Gasteiger partial charge on any atom is 0.331 e. The quantitative estimate of drug-likeness (QED) is 0.482. The van der Waals surface area contributed by atoms with E-state index in [0.29, 0.717) is 12.0 Å². The number of carbonyl (C=O) groups is 2. The molecular formula is C28H37ClN2O3. The number of carboxylic acid groups (broad SMARTS) is 1. The summed E-state index contributed by atoms with van der Waals surface area (Å²) >= 11 is 6.77. The SMILES string of the molecule is CC(C)(C)CCc1ccc([C@]23CCC(C)(C)CC2=CN(C2(C)C=C(C(=O)O)C2)C(=O)N3)cc1Cl. The highest BCUT2D eigenvalue weighted by molar-refractivity contribution is 6.31. The highest BCUT2D eigenvalue weighted by atomic mass is 35.5. The van der Waals surface area contributed by atoms with Gasteiger partial charge in [0.1, 0.15) is 0 Å². The molecule has 2 amide bonds. The van der Waals surface area contributed by atoms with Gasteiger partial charge in [-0.25, -0.2) is 9.59 Å². The number of urea groups is 1. The number of rotatable bonds is 5. The minimum absolute atomic E-state index is 0.113. The average molecular weight is 485 g/mol. The molecule has 1 aromatic carbocycles. The number of aliphatic carboxylic acids is 1. The predicted octanol–water partition coefficient (Wildman–Crippen LogP) is 6.81. The summed E-state index contributed by atoms with van der Waals surface area (Å²) in [6.45, 7) is 13.1. The molecule has 5 nitrogen and oxygen atoms in total. The Morgan fingerprint density at radius 3 is 2.44 bits per heavy atom. The molecule has 2 aliphatic carbocycles. The number of amides is 2. The molecule has 2 atom stereocenters. The van der Waals surface area contributed by atoms with Gasteiger partial charge in [0.05, 0.1) is 11.1 Å². The molecule has 1 aliphatic heterocycles. The highest BCUT2D eigenvalue weighted by Gasteiger charge is 2.51. The second kappa shape index (κ2) is 8.15. The lowest BCUT2D eigenvalue weighted by Gasteiger charge is -2.53. The second-order valence-corrected chi connectivity index (χ2v) is 13.0. The molecule has 3 aliphatic rings. The summed E-state index contributed by atoms with van der Waals surface area (Å²) in [5.74, 6) is -0.920. The molecule has 1 aromatic rings. The Labute approximate surface area is 208 Å². The molecule has 1 unspecified atom stereocenters. The van der Waals surface area contributed by atoms with Crippen molar-refractivity contribution in [1.82, 2.24) is 10.2 Å². The van der Waals surface area contributed by atoms with Crippen LogP contribution in [0.25, 0.3) is 0 Å². The smallest absolute Gasteiger partial charge is 0.331 e. The van der Waals surface area contributed by atoms with Crippen molar-refractivity contribution < 1.29 is 14.7 Å². The van der Waals surface area contributed by atoms with Gasteiger partial charge in [0.15, 0.2) is 0 Å². The van der Waals surface area contributed by atoms with E-state index in [1.54, 1.807) is 11.0 Å². The molecular weight excluding hydrogens is 448 g/mol. The molecule has 6 heteroatoms. The van der Waals surface area contributed by atoms with Crippen molar-refractivity contribution in [3.63, 3.8) is 0 Å². The summed E-state index contributed by atoms with van der Waals surface area (Å²) in [7, 11) is 0. The lowest BCUT2D eigenvalue weighted by molar-refractivity contribution is -0.133. The molecule has 34 heavy (non-hydrogen) atoms. The van der Waals surface area contributed by atoms with Crippen molar-refractivity contribution >= 4 is 23.6 Å². The van der Waals surface area contributed by atoms with Crippen LogP contribution in [-0.4, -0.2) is 27.5 Å². The normalized spacial score (nSPS) is 28.3. The van der Waals surface area contributed by atoms with Crippen LogP contribution >= 0.6 is 11.6 Å². The first-order valence-corrected chi connectivity index (χ1v) is 12.6. The molecule has 4 rings (SSSR count). The van der Waals surface area contributed by atoms with Gasteiger partial charge in [0, 0.05) is 23.2 Å². The number of carbonyl (C=O) groups excluding carboxylic acids is 1. The number of nitrogens with zero attached hydrogens (tertiary/aromatic N) is 1. The van der Waals surface area contributed by atoms with E-state index < -0.39 is 17.0 Å². The zero-order valence-electron chi connectivity index (χ0n) is 21.2. The maximum atomic E-state index is 13.4. The first-order chi connectivity index (χ1) is 15.6. The van der Waals surface area contributed by atoms with Crippen molar-refractivity contribution in [1.29, 1.82) is 0 Å². The number of fused-ring (bicyclic) bond motifs is 1. The number of carboxylic acids is 1. The van der Waals surface area contributed by atoms with Crippen LogP contribution in [0.1, 0.15) is 84.8 Å². The Bertz CT molecular complexity index is 1100. The molecule has 0 bridgehead atoms. The van der Waals surface area contributed by atoms with Gasteiger partial charge in [0.25, 0.3) is 0 Å². The fourth-order valence-electron chi connectivity index (χ4n) is 5.53. The van der Waals surface area contributed by atoms with Gasteiger partial charge in [-0.1, -0.05) is 58.4 Å². The molecule has 1 saturated carbocycles. The minimum Gasteiger partial charge on any atom is -0.478 e. The third kappa shape index (κ3) is 4.51.